The highest BCUT2D eigenvalue weighted by Gasteiger charge is 2.20. The van der Waals surface area contributed by atoms with Crippen LogP contribution in [0.2, 0.25) is 0 Å². The fourth-order valence-corrected chi connectivity index (χ4v) is 2.44. The van der Waals surface area contributed by atoms with E-state index in [2.05, 4.69) is 4.72 Å². The number of amides is 1. The molecule has 0 saturated heterocycles. The van der Waals surface area contributed by atoms with Crippen molar-refractivity contribution in [1.29, 1.82) is 0 Å². The molecule has 0 aliphatic carbocycles. The van der Waals surface area contributed by atoms with Crippen molar-refractivity contribution in [2.24, 2.45) is 5.92 Å². The van der Waals surface area contributed by atoms with Crippen molar-refractivity contribution in [2.75, 3.05) is 6.61 Å². The van der Waals surface area contributed by atoms with Crippen LogP contribution >= 0.6 is 0 Å². The van der Waals surface area contributed by atoms with Crippen LogP contribution in [0.5, 0.6) is 5.75 Å². The maximum Gasteiger partial charge on any atom is 0.264 e. The van der Waals surface area contributed by atoms with E-state index in [1.54, 1.807) is 19.1 Å². The highest BCUT2D eigenvalue weighted by atomic mass is 32.2. The van der Waals surface area contributed by atoms with Crippen LogP contribution in [0.25, 0.3) is 0 Å². The summed E-state index contributed by atoms with van der Waals surface area (Å²) in [6, 6.07) is 5.95. The lowest BCUT2D eigenvalue weighted by atomic mass is 10.1. The summed E-state index contributed by atoms with van der Waals surface area (Å²) >= 11 is 0. The van der Waals surface area contributed by atoms with Gasteiger partial charge in [-0.25, -0.2) is 13.1 Å². The minimum absolute atomic E-state index is 0.0487. The van der Waals surface area contributed by atoms with E-state index in [1.807, 2.05) is 13.8 Å². The van der Waals surface area contributed by atoms with E-state index in [1.165, 1.54) is 12.1 Å². The van der Waals surface area contributed by atoms with Crippen molar-refractivity contribution in [1.82, 2.24) is 4.72 Å². The molecule has 0 heterocycles. The number of nitrogens with one attached hydrogen (secondary N) is 1. The van der Waals surface area contributed by atoms with E-state index in [9.17, 15) is 13.2 Å². The van der Waals surface area contributed by atoms with Crippen LogP contribution in [0.4, 0.5) is 0 Å². The Morgan fingerprint density at radius 1 is 1.26 bits per heavy atom. The van der Waals surface area contributed by atoms with Gasteiger partial charge in [0.2, 0.25) is 5.91 Å². The molecule has 1 aromatic rings. The number of rotatable bonds is 6. The van der Waals surface area contributed by atoms with Gasteiger partial charge in [-0.2, -0.15) is 0 Å². The van der Waals surface area contributed by atoms with E-state index >= 15 is 0 Å². The van der Waals surface area contributed by atoms with Crippen LogP contribution < -0.4 is 9.46 Å². The summed E-state index contributed by atoms with van der Waals surface area (Å²) in [5.74, 6) is -0.233. The van der Waals surface area contributed by atoms with Gasteiger partial charge in [-0.05, 0) is 37.6 Å². The second-order valence-electron chi connectivity index (χ2n) is 4.18. The third-order valence-corrected chi connectivity index (χ3v) is 4.10. The first-order valence-electron chi connectivity index (χ1n) is 6.20. The smallest absolute Gasteiger partial charge is 0.264 e. The molecule has 1 amide bonds. The van der Waals surface area contributed by atoms with Gasteiger partial charge in [-0.15, -0.1) is 0 Å². The maximum atomic E-state index is 12.0. The summed E-state index contributed by atoms with van der Waals surface area (Å²) in [4.78, 5) is 11.7. The van der Waals surface area contributed by atoms with Crippen LogP contribution in [-0.4, -0.2) is 20.9 Å². The van der Waals surface area contributed by atoms with Gasteiger partial charge in [0.1, 0.15) is 5.75 Å². The lowest BCUT2D eigenvalue weighted by Gasteiger charge is -2.11. The van der Waals surface area contributed by atoms with Crippen LogP contribution in [0.3, 0.4) is 0 Å². The quantitative estimate of drug-likeness (QED) is 0.867. The van der Waals surface area contributed by atoms with E-state index in [0.717, 1.165) is 0 Å². The van der Waals surface area contributed by atoms with Crippen molar-refractivity contribution < 1.29 is 17.9 Å². The monoisotopic (exact) mass is 285 g/mol. The Hall–Kier alpha value is -1.56. The first-order valence-corrected chi connectivity index (χ1v) is 7.68. The minimum Gasteiger partial charge on any atom is -0.494 e. The molecule has 1 atom stereocenters. The van der Waals surface area contributed by atoms with Gasteiger partial charge in [0.15, 0.2) is 0 Å². The average molecular weight is 285 g/mol. The highest BCUT2D eigenvalue weighted by Crippen LogP contribution is 2.16. The number of carbonyl (C=O) groups is 1. The Kier molecular flexibility index (Phi) is 5.35. The Morgan fingerprint density at radius 2 is 1.84 bits per heavy atom. The van der Waals surface area contributed by atoms with Crippen LogP contribution in [0, 0.1) is 5.92 Å². The van der Waals surface area contributed by atoms with Crippen LogP contribution in [0.15, 0.2) is 29.2 Å². The number of sulfonamides is 1. The normalized spacial score (nSPS) is 12.8. The van der Waals surface area contributed by atoms with Gasteiger partial charge in [0, 0.05) is 5.92 Å². The molecule has 1 aromatic carbocycles. The van der Waals surface area contributed by atoms with E-state index in [0.29, 0.717) is 18.8 Å². The second kappa shape index (κ2) is 6.56. The second-order valence-corrected chi connectivity index (χ2v) is 5.87. The van der Waals surface area contributed by atoms with Gasteiger partial charge < -0.3 is 4.74 Å². The number of carbonyl (C=O) groups excluding carboxylic acids is 1. The molecule has 0 aromatic heterocycles. The third-order valence-electron chi connectivity index (χ3n) is 2.74. The zero-order chi connectivity index (χ0) is 14.5. The standard InChI is InChI=1S/C13H19NO4S/c1-4-10(3)13(15)14-19(16,17)12-8-6-11(7-9-12)18-5-2/h6-10H,4-5H2,1-3H3,(H,14,15). The molecular weight excluding hydrogens is 266 g/mol. The molecule has 0 saturated carbocycles. The predicted molar refractivity (Wildman–Crippen MR) is 72.4 cm³/mol. The van der Waals surface area contributed by atoms with E-state index < -0.39 is 15.9 Å². The Morgan fingerprint density at radius 3 is 2.32 bits per heavy atom. The Balaban J connectivity index is 2.85. The molecule has 5 nitrogen and oxygen atoms in total. The molecule has 0 aliphatic heterocycles. The highest BCUT2D eigenvalue weighted by molar-refractivity contribution is 7.90. The molecule has 0 radical (unpaired) electrons. The molecule has 1 rings (SSSR count). The van der Waals surface area contributed by atoms with Crippen molar-refractivity contribution >= 4 is 15.9 Å². The average Bonchev–Trinajstić information content (AvgIpc) is 2.38. The van der Waals surface area contributed by atoms with E-state index in [4.69, 9.17) is 4.74 Å². The maximum absolute atomic E-state index is 12.0. The fraction of sp³-hybridized carbons (Fsp3) is 0.462. The Labute approximate surface area is 114 Å². The summed E-state index contributed by atoms with van der Waals surface area (Å²) in [6.07, 6.45) is 0.588. The first kappa shape index (κ1) is 15.5. The molecule has 6 heteroatoms. The molecule has 1 N–H and O–H groups in total. The predicted octanol–water partition coefficient (Wildman–Crippen LogP) is 1.94. The molecule has 1 unspecified atom stereocenters. The lowest BCUT2D eigenvalue weighted by Crippen LogP contribution is -2.34. The summed E-state index contributed by atoms with van der Waals surface area (Å²) < 4.78 is 31.2. The molecular formula is C13H19NO4S. The molecule has 0 bridgehead atoms. The van der Waals surface area contributed by atoms with Gasteiger partial charge >= 0.3 is 0 Å². The van der Waals surface area contributed by atoms with E-state index in [-0.39, 0.29) is 10.8 Å². The first-order chi connectivity index (χ1) is 8.90. The number of ether oxygens (including phenoxy) is 1. The molecule has 106 valence electrons. The third kappa shape index (κ3) is 4.24. The van der Waals surface area contributed by atoms with Crippen molar-refractivity contribution in [3.8, 4) is 5.75 Å². The summed E-state index contributed by atoms with van der Waals surface area (Å²) in [5.41, 5.74) is 0. The number of hydrogen-bond acceptors (Lipinski definition) is 4. The van der Waals surface area contributed by atoms with Gasteiger partial charge in [0.25, 0.3) is 10.0 Å². The number of hydrogen-bond donors (Lipinski definition) is 1. The summed E-state index contributed by atoms with van der Waals surface area (Å²) in [7, 11) is -3.80. The van der Waals surface area contributed by atoms with Crippen molar-refractivity contribution in [3.05, 3.63) is 24.3 Å². The number of benzene rings is 1. The van der Waals surface area contributed by atoms with Gasteiger partial charge in [-0.1, -0.05) is 13.8 Å². The van der Waals surface area contributed by atoms with Crippen LogP contribution in [0.1, 0.15) is 27.2 Å². The van der Waals surface area contributed by atoms with Crippen molar-refractivity contribution in [2.45, 2.75) is 32.1 Å². The molecule has 0 spiro atoms. The molecule has 0 aliphatic rings. The topological polar surface area (TPSA) is 72.5 Å². The zero-order valence-electron chi connectivity index (χ0n) is 11.3. The summed E-state index contributed by atoms with van der Waals surface area (Å²) in [5, 5.41) is 0. The zero-order valence-corrected chi connectivity index (χ0v) is 12.2. The largest absolute Gasteiger partial charge is 0.494 e. The molecule has 0 fully saturated rings. The summed E-state index contributed by atoms with van der Waals surface area (Å²) in [6.45, 7) is 5.87. The SMILES string of the molecule is CCOc1ccc(S(=O)(=O)NC(=O)C(C)CC)cc1. The molecule has 19 heavy (non-hydrogen) atoms. The van der Waals surface area contributed by atoms with Crippen LogP contribution in [-0.2, 0) is 14.8 Å². The van der Waals surface area contributed by atoms with Gasteiger partial charge in [0.05, 0.1) is 11.5 Å². The fourth-order valence-electron chi connectivity index (χ4n) is 1.36. The van der Waals surface area contributed by atoms with Crippen molar-refractivity contribution in [3.63, 3.8) is 0 Å². The van der Waals surface area contributed by atoms with Gasteiger partial charge in [-0.3, -0.25) is 4.79 Å². The Bertz CT molecular complexity index is 522. The lowest BCUT2D eigenvalue weighted by molar-refractivity contribution is -0.122. The minimum atomic E-state index is -3.80.